The molecule has 0 saturated carbocycles. The lowest BCUT2D eigenvalue weighted by Crippen LogP contribution is -2.40. The van der Waals surface area contributed by atoms with Gasteiger partial charge in [-0.25, -0.2) is 0 Å². The first kappa shape index (κ1) is 23.6. The SMILES string of the molecule is CC(C)(C)c1ccc(-c2noc(CN3CCCC(C(=O)Nc4cccc([N+](=O)[O-])c4)C3)n2)cc1. The van der Waals surface area contributed by atoms with Gasteiger partial charge in [0.1, 0.15) is 0 Å². The quantitative estimate of drug-likeness (QED) is 0.413. The van der Waals surface area contributed by atoms with Crippen LogP contribution in [0.1, 0.15) is 45.1 Å². The van der Waals surface area contributed by atoms with Crippen molar-refractivity contribution in [3.63, 3.8) is 0 Å². The van der Waals surface area contributed by atoms with Gasteiger partial charge in [0.15, 0.2) is 0 Å². The Morgan fingerprint density at radius 3 is 2.71 bits per heavy atom. The molecule has 3 aromatic rings. The van der Waals surface area contributed by atoms with Crippen LogP contribution in [0.25, 0.3) is 11.4 Å². The number of aromatic nitrogens is 2. The lowest BCUT2D eigenvalue weighted by atomic mass is 9.87. The Balaban J connectivity index is 1.36. The van der Waals surface area contributed by atoms with Gasteiger partial charge < -0.3 is 9.84 Å². The first-order chi connectivity index (χ1) is 16.2. The van der Waals surface area contributed by atoms with Crippen molar-refractivity contribution < 1.29 is 14.2 Å². The largest absolute Gasteiger partial charge is 0.338 e. The molecule has 0 radical (unpaired) electrons. The molecule has 9 nitrogen and oxygen atoms in total. The second-order valence-electron chi connectivity index (χ2n) is 9.71. The fourth-order valence-corrected chi connectivity index (χ4v) is 4.10. The molecule has 1 N–H and O–H groups in total. The molecule has 0 spiro atoms. The number of hydrogen-bond donors (Lipinski definition) is 1. The van der Waals surface area contributed by atoms with Crippen LogP contribution in [-0.4, -0.2) is 39.0 Å². The van der Waals surface area contributed by atoms with Crippen LogP contribution in [0.5, 0.6) is 0 Å². The van der Waals surface area contributed by atoms with Gasteiger partial charge in [-0.2, -0.15) is 4.98 Å². The van der Waals surface area contributed by atoms with Crippen molar-refractivity contribution in [2.75, 3.05) is 18.4 Å². The fourth-order valence-electron chi connectivity index (χ4n) is 4.10. The van der Waals surface area contributed by atoms with Crippen molar-refractivity contribution in [1.82, 2.24) is 15.0 Å². The molecule has 178 valence electrons. The number of carbonyl (C=O) groups excluding carboxylic acids is 1. The predicted octanol–water partition coefficient (Wildman–Crippen LogP) is 4.79. The number of nitrogens with zero attached hydrogens (tertiary/aromatic N) is 4. The summed E-state index contributed by atoms with van der Waals surface area (Å²) in [5.41, 5.74) is 2.59. The van der Waals surface area contributed by atoms with Crippen molar-refractivity contribution in [1.29, 1.82) is 0 Å². The molecule has 0 aliphatic carbocycles. The summed E-state index contributed by atoms with van der Waals surface area (Å²) in [6, 6.07) is 14.2. The number of benzene rings is 2. The van der Waals surface area contributed by atoms with E-state index >= 15 is 0 Å². The zero-order valence-electron chi connectivity index (χ0n) is 19.7. The number of amides is 1. The third-order valence-electron chi connectivity index (χ3n) is 6.04. The Labute approximate surface area is 198 Å². The number of anilines is 1. The zero-order chi connectivity index (χ0) is 24.3. The molecule has 1 atom stereocenters. The molecule has 1 aliphatic rings. The number of piperidine rings is 1. The normalized spacial score (nSPS) is 16.9. The summed E-state index contributed by atoms with van der Waals surface area (Å²) in [5, 5.41) is 17.9. The number of carbonyl (C=O) groups is 1. The van der Waals surface area contributed by atoms with Crippen LogP contribution in [0.3, 0.4) is 0 Å². The van der Waals surface area contributed by atoms with E-state index in [1.807, 2.05) is 12.1 Å². The second-order valence-corrected chi connectivity index (χ2v) is 9.71. The molecule has 0 bridgehead atoms. The molecule has 34 heavy (non-hydrogen) atoms. The molecule has 4 rings (SSSR count). The molecule has 1 unspecified atom stereocenters. The van der Waals surface area contributed by atoms with Gasteiger partial charge in [0, 0.05) is 29.9 Å². The van der Waals surface area contributed by atoms with E-state index in [0.717, 1.165) is 24.9 Å². The third-order valence-corrected chi connectivity index (χ3v) is 6.04. The summed E-state index contributed by atoms with van der Waals surface area (Å²) in [6.45, 7) is 8.36. The summed E-state index contributed by atoms with van der Waals surface area (Å²) < 4.78 is 5.48. The van der Waals surface area contributed by atoms with E-state index < -0.39 is 4.92 Å². The molecule has 1 amide bonds. The minimum atomic E-state index is -0.477. The highest BCUT2D eigenvalue weighted by Gasteiger charge is 2.27. The molecule has 1 fully saturated rings. The lowest BCUT2D eigenvalue weighted by molar-refractivity contribution is -0.384. The Morgan fingerprint density at radius 1 is 1.24 bits per heavy atom. The zero-order valence-corrected chi connectivity index (χ0v) is 19.7. The van der Waals surface area contributed by atoms with E-state index in [-0.39, 0.29) is 22.9 Å². The first-order valence-corrected chi connectivity index (χ1v) is 11.4. The molecule has 2 aromatic carbocycles. The Morgan fingerprint density at radius 2 is 2.00 bits per heavy atom. The minimum absolute atomic E-state index is 0.0525. The summed E-state index contributed by atoms with van der Waals surface area (Å²) in [4.78, 5) is 29.9. The summed E-state index contributed by atoms with van der Waals surface area (Å²) in [7, 11) is 0. The Bertz CT molecular complexity index is 1170. The van der Waals surface area contributed by atoms with Crippen LogP contribution >= 0.6 is 0 Å². The van der Waals surface area contributed by atoms with E-state index in [9.17, 15) is 14.9 Å². The predicted molar refractivity (Wildman–Crippen MR) is 128 cm³/mol. The van der Waals surface area contributed by atoms with E-state index in [4.69, 9.17) is 4.52 Å². The average molecular weight is 464 g/mol. The smallest absolute Gasteiger partial charge is 0.271 e. The van der Waals surface area contributed by atoms with Crippen molar-refractivity contribution in [3.8, 4) is 11.4 Å². The number of hydrogen-bond acceptors (Lipinski definition) is 7. The number of rotatable bonds is 6. The minimum Gasteiger partial charge on any atom is -0.338 e. The fraction of sp³-hybridized carbons (Fsp3) is 0.400. The highest BCUT2D eigenvalue weighted by molar-refractivity contribution is 5.93. The van der Waals surface area contributed by atoms with Gasteiger partial charge in [-0.1, -0.05) is 56.3 Å². The van der Waals surface area contributed by atoms with Crippen LogP contribution < -0.4 is 5.32 Å². The average Bonchev–Trinajstić information content (AvgIpc) is 3.27. The molecular weight excluding hydrogens is 434 g/mol. The van der Waals surface area contributed by atoms with Gasteiger partial charge in [0.25, 0.3) is 5.69 Å². The molecular formula is C25H29N5O4. The van der Waals surface area contributed by atoms with Crippen LogP contribution in [0.2, 0.25) is 0 Å². The first-order valence-electron chi connectivity index (χ1n) is 11.4. The van der Waals surface area contributed by atoms with E-state index in [1.165, 1.54) is 17.7 Å². The standard InChI is InChI=1S/C25H29N5O4/c1-25(2,3)19-11-9-17(10-12-19)23-27-22(34-28-23)16-29-13-5-6-18(15-29)24(31)26-20-7-4-8-21(14-20)30(32)33/h4,7-12,14,18H,5-6,13,15-16H2,1-3H3,(H,26,31). The third kappa shape index (κ3) is 5.66. The maximum Gasteiger partial charge on any atom is 0.271 e. The van der Waals surface area contributed by atoms with Crippen LogP contribution in [0.15, 0.2) is 53.1 Å². The number of nitro groups is 1. The lowest BCUT2D eigenvalue weighted by Gasteiger charge is -2.30. The summed E-state index contributed by atoms with van der Waals surface area (Å²) >= 11 is 0. The van der Waals surface area contributed by atoms with Crippen molar-refractivity contribution in [2.24, 2.45) is 5.92 Å². The van der Waals surface area contributed by atoms with Gasteiger partial charge in [0.2, 0.25) is 17.6 Å². The number of nitro benzene ring substituents is 1. The van der Waals surface area contributed by atoms with Gasteiger partial charge in [-0.3, -0.25) is 19.8 Å². The molecule has 1 aliphatic heterocycles. The number of non-ortho nitro benzene ring substituents is 1. The van der Waals surface area contributed by atoms with E-state index in [1.54, 1.807) is 12.1 Å². The number of nitrogens with one attached hydrogen (secondary N) is 1. The summed E-state index contributed by atoms with van der Waals surface area (Å²) in [6.07, 6.45) is 1.62. The highest BCUT2D eigenvalue weighted by atomic mass is 16.6. The number of likely N-dealkylation sites (tertiary alicyclic amines) is 1. The maximum absolute atomic E-state index is 12.8. The Hall–Kier alpha value is -3.59. The van der Waals surface area contributed by atoms with Crippen molar-refractivity contribution in [3.05, 3.63) is 70.1 Å². The van der Waals surface area contributed by atoms with Gasteiger partial charge in [-0.05, 0) is 36.4 Å². The van der Waals surface area contributed by atoms with Crippen LogP contribution in [-0.2, 0) is 16.8 Å². The van der Waals surface area contributed by atoms with Gasteiger partial charge >= 0.3 is 0 Å². The van der Waals surface area contributed by atoms with Crippen molar-refractivity contribution in [2.45, 2.75) is 45.6 Å². The van der Waals surface area contributed by atoms with Gasteiger partial charge in [-0.15, -0.1) is 0 Å². The monoisotopic (exact) mass is 463 g/mol. The van der Waals surface area contributed by atoms with E-state index in [2.05, 4.69) is 53.3 Å². The molecule has 9 heteroatoms. The maximum atomic E-state index is 12.8. The van der Waals surface area contributed by atoms with Crippen LogP contribution in [0, 0.1) is 16.0 Å². The molecule has 2 heterocycles. The Kier molecular flexibility index (Phi) is 6.74. The second kappa shape index (κ2) is 9.72. The van der Waals surface area contributed by atoms with Gasteiger partial charge in [0.05, 0.1) is 17.4 Å². The highest BCUT2D eigenvalue weighted by Crippen LogP contribution is 2.26. The molecule has 1 saturated heterocycles. The topological polar surface area (TPSA) is 114 Å². The van der Waals surface area contributed by atoms with Crippen LogP contribution in [0.4, 0.5) is 11.4 Å². The van der Waals surface area contributed by atoms with E-state index in [0.29, 0.717) is 30.5 Å². The molecule has 1 aromatic heterocycles. The summed E-state index contributed by atoms with van der Waals surface area (Å²) in [5.74, 6) is 0.692. The van der Waals surface area contributed by atoms with Crippen molar-refractivity contribution >= 4 is 17.3 Å².